The lowest BCUT2D eigenvalue weighted by Crippen LogP contribution is -2.40. The highest BCUT2D eigenvalue weighted by Crippen LogP contribution is 2.03. The van der Waals surface area contributed by atoms with Crippen molar-refractivity contribution in [3.8, 4) is 6.07 Å². The molecule has 0 aliphatic carbocycles. The molecule has 0 unspecified atom stereocenters. The van der Waals surface area contributed by atoms with Gasteiger partial charge in [0.05, 0.1) is 6.07 Å². The highest BCUT2D eigenvalue weighted by molar-refractivity contribution is 6.35. The number of hydrogen-bond acceptors (Lipinski definition) is 3. The van der Waals surface area contributed by atoms with Crippen LogP contribution in [-0.2, 0) is 9.59 Å². The molecule has 2 N–H and O–H groups in total. The lowest BCUT2D eigenvalue weighted by Gasteiger charge is -2.04. The molecule has 0 atom stereocenters. The molecule has 0 aromatic heterocycles. The monoisotopic (exact) mass is 239 g/mol. The van der Waals surface area contributed by atoms with Crippen molar-refractivity contribution in [2.75, 3.05) is 13.1 Å². The number of hydrogen-bond donors (Lipinski definition) is 2. The van der Waals surface area contributed by atoms with Gasteiger partial charge in [0.2, 0.25) is 0 Å². The Labute approximate surface area is 103 Å². The summed E-state index contributed by atoms with van der Waals surface area (Å²) in [7, 11) is 0. The molecular formula is C12H21N3O2. The van der Waals surface area contributed by atoms with Gasteiger partial charge < -0.3 is 10.6 Å². The van der Waals surface area contributed by atoms with Gasteiger partial charge in [-0.25, -0.2) is 0 Å². The maximum Gasteiger partial charge on any atom is 0.310 e. The SMILES string of the molecule is CCCCCCCCNC(=O)C(=O)NCC#N. The first-order valence-electron chi connectivity index (χ1n) is 6.15. The van der Waals surface area contributed by atoms with Crippen molar-refractivity contribution >= 4 is 11.8 Å². The number of unbranched alkanes of at least 4 members (excludes halogenated alkanes) is 5. The summed E-state index contributed by atoms with van der Waals surface area (Å²) in [6.07, 6.45) is 6.83. The van der Waals surface area contributed by atoms with E-state index in [0.29, 0.717) is 6.54 Å². The summed E-state index contributed by atoms with van der Waals surface area (Å²) >= 11 is 0. The van der Waals surface area contributed by atoms with E-state index in [4.69, 9.17) is 5.26 Å². The number of nitrogens with one attached hydrogen (secondary N) is 2. The van der Waals surface area contributed by atoms with Gasteiger partial charge in [-0.05, 0) is 6.42 Å². The van der Waals surface area contributed by atoms with Gasteiger partial charge in [0.1, 0.15) is 6.54 Å². The summed E-state index contributed by atoms with van der Waals surface area (Å²) < 4.78 is 0. The number of carbonyl (C=O) groups is 2. The summed E-state index contributed by atoms with van der Waals surface area (Å²) in [5.41, 5.74) is 0. The Kier molecular flexibility index (Phi) is 9.92. The molecule has 0 aliphatic rings. The average molecular weight is 239 g/mol. The average Bonchev–Trinajstić information content (AvgIpc) is 2.34. The van der Waals surface area contributed by atoms with Crippen molar-refractivity contribution < 1.29 is 9.59 Å². The third-order valence-electron chi connectivity index (χ3n) is 2.35. The van der Waals surface area contributed by atoms with Crippen LogP contribution >= 0.6 is 0 Å². The predicted octanol–water partition coefficient (Wildman–Crippen LogP) is 1.10. The third-order valence-corrected chi connectivity index (χ3v) is 2.35. The number of rotatable bonds is 8. The Hall–Kier alpha value is -1.57. The van der Waals surface area contributed by atoms with Crippen molar-refractivity contribution in [1.29, 1.82) is 5.26 Å². The van der Waals surface area contributed by atoms with E-state index in [2.05, 4.69) is 17.6 Å². The zero-order chi connectivity index (χ0) is 12.9. The van der Waals surface area contributed by atoms with Crippen LogP contribution in [0.5, 0.6) is 0 Å². The van der Waals surface area contributed by atoms with Crippen LogP contribution in [0.3, 0.4) is 0 Å². The molecule has 0 spiro atoms. The van der Waals surface area contributed by atoms with Gasteiger partial charge in [-0.15, -0.1) is 0 Å². The van der Waals surface area contributed by atoms with Crippen molar-refractivity contribution in [2.45, 2.75) is 45.4 Å². The van der Waals surface area contributed by atoms with Crippen LogP contribution in [0.1, 0.15) is 45.4 Å². The minimum Gasteiger partial charge on any atom is -0.348 e. The molecule has 2 amide bonds. The zero-order valence-corrected chi connectivity index (χ0v) is 10.4. The topological polar surface area (TPSA) is 82.0 Å². The minimum atomic E-state index is -0.738. The van der Waals surface area contributed by atoms with E-state index in [0.717, 1.165) is 12.8 Å². The fraction of sp³-hybridized carbons (Fsp3) is 0.750. The van der Waals surface area contributed by atoms with Gasteiger partial charge in [0, 0.05) is 6.54 Å². The number of nitrogens with zero attached hydrogens (tertiary/aromatic N) is 1. The summed E-state index contributed by atoms with van der Waals surface area (Å²) in [5.74, 6) is -1.40. The second kappa shape index (κ2) is 10.9. The summed E-state index contributed by atoms with van der Waals surface area (Å²) in [6.45, 7) is 2.55. The molecule has 0 radical (unpaired) electrons. The van der Waals surface area contributed by atoms with Crippen LogP contribution in [0.2, 0.25) is 0 Å². The Balaban J connectivity index is 3.39. The smallest absolute Gasteiger partial charge is 0.310 e. The molecule has 0 aliphatic heterocycles. The fourth-order valence-corrected chi connectivity index (χ4v) is 1.39. The van der Waals surface area contributed by atoms with E-state index < -0.39 is 11.8 Å². The zero-order valence-electron chi connectivity index (χ0n) is 10.4. The largest absolute Gasteiger partial charge is 0.348 e. The highest BCUT2D eigenvalue weighted by atomic mass is 16.2. The van der Waals surface area contributed by atoms with E-state index in [1.165, 1.54) is 25.7 Å². The second-order valence-corrected chi connectivity index (χ2v) is 3.86. The molecule has 0 aromatic carbocycles. The van der Waals surface area contributed by atoms with Crippen LogP contribution in [-0.4, -0.2) is 24.9 Å². The Morgan fingerprint density at radius 2 is 1.59 bits per heavy atom. The maximum absolute atomic E-state index is 11.2. The van der Waals surface area contributed by atoms with Gasteiger partial charge in [-0.1, -0.05) is 39.0 Å². The van der Waals surface area contributed by atoms with E-state index >= 15 is 0 Å². The molecule has 17 heavy (non-hydrogen) atoms. The van der Waals surface area contributed by atoms with E-state index in [9.17, 15) is 9.59 Å². The number of carbonyl (C=O) groups excluding carboxylic acids is 2. The van der Waals surface area contributed by atoms with Crippen LogP contribution in [0, 0.1) is 11.3 Å². The molecule has 5 nitrogen and oxygen atoms in total. The standard InChI is InChI=1S/C12H21N3O2/c1-2-3-4-5-6-7-9-14-11(16)12(17)15-10-8-13/h2-7,9-10H2,1H3,(H,14,16)(H,15,17). The van der Waals surface area contributed by atoms with Crippen LogP contribution in [0.15, 0.2) is 0 Å². The van der Waals surface area contributed by atoms with Crippen molar-refractivity contribution in [3.05, 3.63) is 0 Å². The summed E-state index contributed by atoms with van der Waals surface area (Å²) in [5, 5.41) is 12.9. The Bertz CT molecular complexity index is 271. The van der Waals surface area contributed by atoms with E-state index in [1.54, 1.807) is 6.07 Å². The summed E-state index contributed by atoms with van der Waals surface area (Å²) in [4.78, 5) is 22.2. The molecule has 0 heterocycles. The quantitative estimate of drug-likeness (QED) is 0.378. The van der Waals surface area contributed by atoms with E-state index in [1.807, 2.05) is 0 Å². The minimum absolute atomic E-state index is 0.136. The first-order valence-corrected chi connectivity index (χ1v) is 6.15. The molecular weight excluding hydrogens is 218 g/mol. The lowest BCUT2D eigenvalue weighted by atomic mass is 10.1. The molecule has 96 valence electrons. The van der Waals surface area contributed by atoms with Crippen LogP contribution < -0.4 is 10.6 Å². The molecule has 0 rings (SSSR count). The third kappa shape index (κ3) is 9.36. The summed E-state index contributed by atoms with van der Waals surface area (Å²) in [6, 6.07) is 1.74. The van der Waals surface area contributed by atoms with E-state index in [-0.39, 0.29) is 6.54 Å². The van der Waals surface area contributed by atoms with Crippen LogP contribution in [0.4, 0.5) is 0 Å². The van der Waals surface area contributed by atoms with Crippen molar-refractivity contribution in [3.63, 3.8) is 0 Å². The Morgan fingerprint density at radius 3 is 2.24 bits per heavy atom. The molecule has 0 bridgehead atoms. The molecule has 0 aromatic rings. The highest BCUT2D eigenvalue weighted by Gasteiger charge is 2.10. The Morgan fingerprint density at radius 1 is 1.00 bits per heavy atom. The maximum atomic E-state index is 11.2. The van der Waals surface area contributed by atoms with Crippen molar-refractivity contribution in [1.82, 2.24) is 10.6 Å². The van der Waals surface area contributed by atoms with Gasteiger partial charge in [0.15, 0.2) is 0 Å². The van der Waals surface area contributed by atoms with Crippen LogP contribution in [0.25, 0.3) is 0 Å². The number of nitriles is 1. The molecule has 5 heteroatoms. The molecule has 0 fully saturated rings. The molecule has 0 saturated carbocycles. The number of amides is 2. The predicted molar refractivity (Wildman–Crippen MR) is 65.0 cm³/mol. The lowest BCUT2D eigenvalue weighted by molar-refractivity contribution is -0.139. The van der Waals surface area contributed by atoms with Gasteiger partial charge >= 0.3 is 11.8 Å². The fourth-order valence-electron chi connectivity index (χ4n) is 1.39. The first-order chi connectivity index (χ1) is 8.22. The van der Waals surface area contributed by atoms with Gasteiger partial charge in [0.25, 0.3) is 0 Å². The van der Waals surface area contributed by atoms with Gasteiger partial charge in [-0.2, -0.15) is 5.26 Å². The second-order valence-electron chi connectivity index (χ2n) is 3.86. The molecule has 0 saturated heterocycles. The normalized spacial score (nSPS) is 9.41. The van der Waals surface area contributed by atoms with Crippen molar-refractivity contribution in [2.24, 2.45) is 0 Å². The van der Waals surface area contributed by atoms with Gasteiger partial charge in [-0.3, -0.25) is 9.59 Å². The first kappa shape index (κ1) is 15.4.